The Hall–Kier alpha value is -1.06. The van der Waals surface area contributed by atoms with Crippen LogP contribution in [0.1, 0.15) is 29.7 Å². The van der Waals surface area contributed by atoms with E-state index >= 15 is 0 Å². The molecule has 0 aliphatic rings. The van der Waals surface area contributed by atoms with Crippen LogP contribution in [0.25, 0.3) is 0 Å². The molecule has 0 aromatic carbocycles. The lowest BCUT2D eigenvalue weighted by atomic mass is 10.0. The lowest BCUT2D eigenvalue weighted by molar-refractivity contribution is 0.553. The van der Waals surface area contributed by atoms with Gasteiger partial charge in [0.15, 0.2) is 0 Å². The van der Waals surface area contributed by atoms with E-state index in [1.165, 1.54) is 16.7 Å². The Bertz CT molecular complexity index is 405. The first-order chi connectivity index (χ1) is 7.33. The van der Waals surface area contributed by atoms with Crippen LogP contribution in [-0.4, -0.2) is 6.54 Å². The maximum atomic E-state index is 5.14. The number of hydrogen-bond acceptors (Lipinski definition) is 3. The van der Waals surface area contributed by atoms with Crippen molar-refractivity contribution in [1.29, 1.82) is 0 Å². The molecule has 0 saturated heterocycles. The molecule has 2 heterocycles. The molecule has 80 valence electrons. The van der Waals surface area contributed by atoms with Crippen LogP contribution >= 0.6 is 11.3 Å². The van der Waals surface area contributed by atoms with Crippen LogP contribution in [0.2, 0.25) is 0 Å². The Balaban J connectivity index is 2.32. The summed E-state index contributed by atoms with van der Waals surface area (Å²) >= 11 is 1.75. The molecule has 1 unspecified atom stereocenters. The quantitative estimate of drug-likeness (QED) is 0.856. The van der Waals surface area contributed by atoms with Gasteiger partial charge < -0.3 is 9.73 Å². The fourth-order valence-corrected chi connectivity index (χ4v) is 2.59. The zero-order valence-electron chi connectivity index (χ0n) is 8.99. The van der Waals surface area contributed by atoms with E-state index in [1.54, 1.807) is 17.6 Å². The van der Waals surface area contributed by atoms with Crippen molar-refractivity contribution in [1.82, 2.24) is 5.32 Å². The lowest BCUT2D eigenvalue weighted by Crippen LogP contribution is -2.21. The SMILES string of the molecule is CCNC(c1ccoc1)c1cscc1C. The molecule has 2 aromatic heterocycles. The third-order valence-corrected chi connectivity index (χ3v) is 3.37. The predicted octanol–water partition coefficient (Wildman–Crippen LogP) is 3.35. The van der Waals surface area contributed by atoms with Gasteiger partial charge >= 0.3 is 0 Å². The molecule has 0 amide bonds. The molecule has 3 heteroatoms. The summed E-state index contributed by atoms with van der Waals surface area (Å²) in [7, 11) is 0. The molecule has 0 radical (unpaired) electrons. The Labute approximate surface area is 93.9 Å². The molecule has 1 N–H and O–H groups in total. The first-order valence-electron chi connectivity index (χ1n) is 5.11. The van der Waals surface area contributed by atoms with Gasteiger partial charge in [0.05, 0.1) is 18.6 Å². The van der Waals surface area contributed by atoms with Crippen LogP contribution in [0.3, 0.4) is 0 Å². The van der Waals surface area contributed by atoms with Gasteiger partial charge in [-0.3, -0.25) is 0 Å². The summed E-state index contributed by atoms with van der Waals surface area (Å²) in [4.78, 5) is 0. The minimum absolute atomic E-state index is 0.264. The third-order valence-electron chi connectivity index (χ3n) is 2.49. The molecule has 0 aliphatic carbocycles. The van der Waals surface area contributed by atoms with Crippen LogP contribution in [0.5, 0.6) is 0 Å². The summed E-state index contributed by atoms with van der Waals surface area (Å²) < 4.78 is 5.14. The zero-order chi connectivity index (χ0) is 10.7. The highest BCUT2D eigenvalue weighted by molar-refractivity contribution is 7.08. The minimum atomic E-state index is 0.264. The van der Waals surface area contributed by atoms with Crippen LogP contribution in [0.4, 0.5) is 0 Å². The molecule has 0 saturated carbocycles. The maximum Gasteiger partial charge on any atom is 0.0953 e. The largest absolute Gasteiger partial charge is 0.472 e. The van der Waals surface area contributed by atoms with E-state index in [1.807, 2.05) is 12.3 Å². The van der Waals surface area contributed by atoms with E-state index in [9.17, 15) is 0 Å². The third kappa shape index (κ3) is 2.13. The fourth-order valence-electron chi connectivity index (χ4n) is 1.72. The molecular weight excluding hydrogens is 206 g/mol. The van der Waals surface area contributed by atoms with Gasteiger partial charge in [-0.25, -0.2) is 0 Å². The molecule has 0 aliphatic heterocycles. The lowest BCUT2D eigenvalue weighted by Gasteiger charge is -2.16. The Kier molecular flexibility index (Phi) is 3.23. The maximum absolute atomic E-state index is 5.14. The van der Waals surface area contributed by atoms with Crippen molar-refractivity contribution in [2.75, 3.05) is 6.54 Å². The average molecular weight is 221 g/mol. The standard InChI is InChI=1S/C12H15NOS/c1-3-13-12(10-4-5-14-6-10)11-8-15-7-9(11)2/h4-8,12-13H,3H2,1-2H3. The van der Waals surface area contributed by atoms with Gasteiger partial charge in [-0.1, -0.05) is 6.92 Å². The smallest absolute Gasteiger partial charge is 0.0953 e. The van der Waals surface area contributed by atoms with Crippen LogP contribution in [-0.2, 0) is 0 Å². The summed E-state index contributed by atoms with van der Waals surface area (Å²) in [5.41, 5.74) is 3.88. The van der Waals surface area contributed by atoms with Crippen molar-refractivity contribution < 1.29 is 4.42 Å². The van der Waals surface area contributed by atoms with E-state index in [2.05, 4.69) is 29.9 Å². The number of hydrogen-bond donors (Lipinski definition) is 1. The Morgan fingerprint density at radius 3 is 2.87 bits per heavy atom. The predicted molar refractivity (Wildman–Crippen MR) is 63.3 cm³/mol. The summed E-state index contributed by atoms with van der Waals surface area (Å²) in [6.07, 6.45) is 3.53. The van der Waals surface area contributed by atoms with Gasteiger partial charge in [0, 0.05) is 5.56 Å². The molecule has 0 bridgehead atoms. The molecule has 1 atom stereocenters. The number of furan rings is 1. The number of thiophene rings is 1. The van der Waals surface area contributed by atoms with Crippen molar-refractivity contribution in [3.05, 3.63) is 46.0 Å². The van der Waals surface area contributed by atoms with Gasteiger partial charge in [-0.05, 0) is 41.4 Å². The summed E-state index contributed by atoms with van der Waals surface area (Å²) in [6, 6.07) is 2.28. The summed E-state index contributed by atoms with van der Waals surface area (Å²) in [5.74, 6) is 0. The van der Waals surface area contributed by atoms with Gasteiger partial charge in [-0.15, -0.1) is 0 Å². The monoisotopic (exact) mass is 221 g/mol. The van der Waals surface area contributed by atoms with Gasteiger partial charge in [0.2, 0.25) is 0 Å². The fraction of sp³-hybridized carbons (Fsp3) is 0.333. The van der Waals surface area contributed by atoms with Crippen molar-refractivity contribution in [3.63, 3.8) is 0 Å². The molecule has 2 nitrogen and oxygen atoms in total. The second-order valence-electron chi connectivity index (χ2n) is 3.56. The highest BCUT2D eigenvalue weighted by Crippen LogP contribution is 2.27. The normalized spacial score (nSPS) is 12.9. The Morgan fingerprint density at radius 1 is 1.47 bits per heavy atom. The molecule has 2 aromatic rings. The molecular formula is C12H15NOS. The summed E-state index contributed by atoms with van der Waals surface area (Å²) in [6.45, 7) is 5.22. The first-order valence-corrected chi connectivity index (χ1v) is 6.05. The molecule has 2 rings (SSSR count). The van der Waals surface area contributed by atoms with Crippen molar-refractivity contribution in [2.45, 2.75) is 19.9 Å². The van der Waals surface area contributed by atoms with Crippen LogP contribution < -0.4 is 5.32 Å². The highest BCUT2D eigenvalue weighted by atomic mass is 32.1. The number of rotatable bonds is 4. The zero-order valence-corrected chi connectivity index (χ0v) is 9.80. The van der Waals surface area contributed by atoms with E-state index in [0.717, 1.165) is 6.54 Å². The van der Waals surface area contributed by atoms with E-state index in [0.29, 0.717) is 0 Å². The number of aryl methyl sites for hydroxylation is 1. The second-order valence-corrected chi connectivity index (χ2v) is 4.30. The van der Waals surface area contributed by atoms with E-state index < -0.39 is 0 Å². The Morgan fingerprint density at radius 2 is 2.33 bits per heavy atom. The van der Waals surface area contributed by atoms with Crippen LogP contribution in [0.15, 0.2) is 33.8 Å². The van der Waals surface area contributed by atoms with Gasteiger partial charge in [0.25, 0.3) is 0 Å². The van der Waals surface area contributed by atoms with Crippen molar-refractivity contribution >= 4 is 11.3 Å². The van der Waals surface area contributed by atoms with Crippen molar-refractivity contribution in [2.24, 2.45) is 0 Å². The topological polar surface area (TPSA) is 25.2 Å². The van der Waals surface area contributed by atoms with E-state index in [4.69, 9.17) is 4.42 Å². The number of nitrogens with one attached hydrogen (secondary N) is 1. The van der Waals surface area contributed by atoms with Gasteiger partial charge in [0.1, 0.15) is 0 Å². The second kappa shape index (κ2) is 4.64. The molecule has 0 spiro atoms. The minimum Gasteiger partial charge on any atom is -0.472 e. The first kappa shape index (κ1) is 10.5. The highest BCUT2D eigenvalue weighted by Gasteiger charge is 2.16. The van der Waals surface area contributed by atoms with Crippen molar-refractivity contribution in [3.8, 4) is 0 Å². The molecule has 15 heavy (non-hydrogen) atoms. The average Bonchev–Trinajstić information content (AvgIpc) is 2.85. The van der Waals surface area contributed by atoms with Crippen LogP contribution in [0, 0.1) is 6.92 Å². The molecule has 0 fully saturated rings. The summed E-state index contributed by atoms with van der Waals surface area (Å²) in [5, 5.41) is 7.86. The van der Waals surface area contributed by atoms with Gasteiger partial charge in [-0.2, -0.15) is 11.3 Å². The van der Waals surface area contributed by atoms with E-state index in [-0.39, 0.29) is 6.04 Å².